The van der Waals surface area contributed by atoms with Crippen molar-refractivity contribution in [3.05, 3.63) is 36.5 Å². The molecule has 0 aliphatic rings. The van der Waals surface area contributed by atoms with Crippen molar-refractivity contribution in [3.63, 3.8) is 0 Å². The van der Waals surface area contributed by atoms with Crippen LogP contribution in [0.25, 0.3) is 0 Å². The van der Waals surface area contributed by atoms with E-state index in [0.717, 1.165) is 51.4 Å². The van der Waals surface area contributed by atoms with Gasteiger partial charge >= 0.3 is 7.82 Å². The van der Waals surface area contributed by atoms with E-state index in [2.05, 4.69) is 55.6 Å². The topological polar surface area (TPSA) is 105 Å². The van der Waals surface area contributed by atoms with Gasteiger partial charge < -0.3 is 19.8 Å². The van der Waals surface area contributed by atoms with E-state index in [9.17, 15) is 19.4 Å². The zero-order chi connectivity index (χ0) is 59.8. The molecule has 0 radical (unpaired) electrons. The number of phosphoric acid groups is 1. The average Bonchev–Trinajstić information content (AvgIpc) is 3.47. The van der Waals surface area contributed by atoms with Crippen LogP contribution in [0.3, 0.4) is 0 Å². The summed E-state index contributed by atoms with van der Waals surface area (Å²) in [4.78, 5) is 23.5. The number of nitrogens with zero attached hydrogens (tertiary/aromatic N) is 1. The van der Waals surface area contributed by atoms with E-state index in [1.54, 1.807) is 0 Å². The number of phosphoric ester groups is 1. The van der Waals surface area contributed by atoms with E-state index in [0.29, 0.717) is 23.9 Å². The lowest BCUT2D eigenvalue weighted by molar-refractivity contribution is -0.870. The predicted octanol–water partition coefficient (Wildman–Crippen LogP) is 23.2. The third kappa shape index (κ3) is 66.2. The predicted molar refractivity (Wildman–Crippen MR) is 360 cm³/mol. The van der Waals surface area contributed by atoms with Crippen LogP contribution in [0.1, 0.15) is 373 Å². The van der Waals surface area contributed by atoms with E-state index >= 15 is 0 Å². The number of aliphatic hydroxyl groups is 1. The molecule has 3 unspecified atom stereocenters. The van der Waals surface area contributed by atoms with Gasteiger partial charge in [-0.25, -0.2) is 4.57 Å². The zero-order valence-electron chi connectivity index (χ0n) is 55.8. The smallest absolute Gasteiger partial charge is 0.391 e. The Morgan fingerprint density at radius 2 is 0.695 bits per heavy atom. The number of amides is 1. The van der Waals surface area contributed by atoms with Gasteiger partial charge in [0.25, 0.3) is 0 Å². The summed E-state index contributed by atoms with van der Waals surface area (Å²) in [6, 6.07) is -0.760. The molecule has 3 atom stereocenters. The van der Waals surface area contributed by atoms with E-state index in [1.165, 1.54) is 295 Å². The van der Waals surface area contributed by atoms with Crippen molar-refractivity contribution >= 4 is 13.7 Å². The van der Waals surface area contributed by atoms with Crippen LogP contribution < -0.4 is 5.32 Å². The fraction of sp³-hybridized carbons (Fsp3) is 0.904. The summed E-state index contributed by atoms with van der Waals surface area (Å²) >= 11 is 0. The van der Waals surface area contributed by atoms with Crippen LogP contribution in [-0.2, 0) is 18.4 Å². The number of nitrogens with one attached hydrogen (secondary N) is 1. The molecule has 0 aromatic carbocycles. The average molecular weight is 1180 g/mol. The van der Waals surface area contributed by atoms with Gasteiger partial charge in [0, 0.05) is 6.42 Å². The first kappa shape index (κ1) is 80.7. The van der Waals surface area contributed by atoms with E-state index in [1.807, 2.05) is 21.1 Å². The Labute approximate surface area is 512 Å². The van der Waals surface area contributed by atoms with Crippen LogP contribution in [0.2, 0.25) is 0 Å². The number of likely N-dealkylation sites (N-methyl/N-ethyl adjacent to an activating group) is 1. The van der Waals surface area contributed by atoms with Crippen molar-refractivity contribution in [2.75, 3.05) is 40.9 Å². The fourth-order valence-electron chi connectivity index (χ4n) is 11.2. The Hall–Kier alpha value is -1.28. The van der Waals surface area contributed by atoms with Crippen LogP contribution in [0.5, 0.6) is 0 Å². The highest BCUT2D eigenvalue weighted by atomic mass is 31.2. The molecule has 0 fully saturated rings. The second-order valence-corrected chi connectivity index (χ2v) is 27.8. The molecule has 8 nitrogen and oxygen atoms in total. The van der Waals surface area contributed by atoms with Crippen molar-refractivity contribution in [2.24, 2.45) is 0 Å². The van der Waals surface area contributed by atoms with Gasteiger partial charge in [0.05, 0.1) is 39.9 Å². The number of hydrogen-bond acceptors (Lipinski definition) is 5. The van der Waals surface area contributed by atoms with Gasteiger partial charge in [-0.05, 0) is 51.4 Å². The summed E-state index contributed by atoms with van der Waals surface area (Å²) < 4.78 is 23.9. The maximum atomic E-state index is 13.1. The first-order valence-electron chi connectivity index (χ1n) is 36.4. The van der Waals surface area contributed by atoms with Crippen molar-refractivity contribution in [2.45, 2.75) is 386 Å². The molecule has 0 spiro atoms. The minimum Gasteiger partial charge on any atom is -0.391 e. The molecule has 0 aliphatic carbocycles. The Morgan fingerprint density at radius 1 is 0.415 bits per heavy atom. The van der Waals surface area contributed by atoms with E-state index in [4.69, 9.17) is 9.05 Å². The monoisotopic (exact) mass is 1180 g/mol. The maximum absolute atomic E-state index is 13.1. The van der Waals surface area contributed by atoms with Crippen LogP contribution in [0, 0.1) is 0 Å². The second-order valence-electron chi connectivity index (χ2n) is 26.3. The largest absolute Gasteiger partial charge is 0.472 e. The van der Waals surface area contributed by atoms with Gasteiger partial charge in [-0.3, -0.25) is 13.8 Å². The van der Waals surface area contributed by atoms with Crippen molar-refractivity contribution in [1.82, 2.24) is 5.32 Å². The highest BCUT2D eigenvalue weighted by Crippen LogP contribution is 2.43. The van der Waals surface area contributed by atoms with E-state index < -0.39 is 20.0 Å². The SMILES string of the molecule is CCCCCCC/C=C\C/C=C\C/C=C\CCCCCCCCCCCCCCCCCCCCCCCCC(=O)NC(COP(=O)(O)OCC[N+](C)(C)C)C(O)CCCCCCCCCCCCCCCCCCCCCCCCC. The Bertz CT molecular complexity index is 1430. The number of carbonyl (C=O) groups is 1. The third-order valence-corrected chi connectivity index (χ3v) is 17.9. The van der Waals surface area contributed by atoms with Gasteiger partial charge in [0.1, 0.15) is 13.2 Å². The second kappa shape index (κ2) is 64.2. The molecule has 82 heavy (non-hydrogen) atoms. The highest BCUT2D eigenvalue weighted by molar-refractivity contribution is 7.47. The Balaban J connectivity index is 3.94. The molecular formula is C73H144N2O6P+. The van der Waals surface area contributed by atoms with Crippen molar-refractivity contribution < 1.29 is 32.9 Å². The molecule has 0 aliphatic heterocycles. The lowest BCUT2D eigenvalue weighted by Crippen LogP contribution is -2.46. The summed E-state index contributed by atoms with van der Waals surface area (Å²) in [7, 11) is 1.64. The number of hydrogen-bond donors (Lipinski definition) is 3. The van der Waals surface area contributed by atoms with Crippen molar-refractivity contribution in [3.8, 4) is 0 Å². The molecule has 0 aromatic rings. The van der Waals surface area contributed by atoms with Gasteiger partial charge in [-0.15, -0.1) is 0 Å². The van der Waals surface area contributed by atoms with Crippen molar-refractivity contribution in [1.29, 1.82) is 0 Å². The van der Waals surface area contributed by atoms with Gasteiger partial charge in [0.2, 0.25) is 5.91 Å². The Kier molecular flexibility index (Phi) is 63.2. The quantitative estimate of drug-likeness (QED) is 0.0243. The van der Waals surface area contributed by atoms with Crippen LogP contribution in [-0.4, -0.2) is 73.4 Å². The zero-order valence-corrected chi connectivity index (χ0v) is 56.7. The molecule has 0 saturated heterocycles. The number of carbonyl (C=O) groups excluding carboxylic acids is 1. The van der Waals surface area contributed by atoms with Crippen LogP contribution in [0.15, 0.2) is 36.5 Å². The molecule has 3 N–H and O–H groups in total. The van der Waals surface area contributed by atoms with Gasteiger partial charge in [-0.2, -0.15) is 0 Å². The molecular weight excluding hydrogens is 1030 g/mol. The molecule has 0 aromatic heterocycles. The summed E-state index contributed by atoms with van der Waals surface area (Å²) in [5.41, 5.74) is 0. The third-order valence-electron chi connectivity index (χ3n) is 16.9. The van der Waals surface area contributed by atoms with Crippen LogP contribution >= 0.6 is 7.82 Å². The van der Waals surface area contributed by atoms with Gasteiger partial charge in [-0.1, -0.05) is 352 Å². The molecule has 9 heteroatoms. The molecule has 0 heterocycles. The number of aliphatic hydroxyl groups excluding tert-OH is 1. The normalized spacial score (nSPS) is 13.8. The first-order valence-corrected chi connectivity index (χ1v) is 37.8. The minimum atomic E-state index is -4.33. The molecule has 486 valence electrons. The summed E-state index contributed by atoms with van der Waals surface area (Å²) in [5.74, 6) is -0.136. The minimum absolute atomic E-state index is 0.0772. The summed E-state index contributed by atoms with van der Waals surface area (Å²) in [6.07, 6.45) is 85.4. The number of quaternary nitrogens is 1. The standard InChI is InChI=1S/C73H143N2O6P/c1-6-8-10-12-14-16-18-20-22-24-26-28-30-31-32-33-34-35-36-37-38-39-40-41-42-43-45-47-49-51-53-55-57-59-61-63-65-67-73(77)74-71(70-81-82(78,79)80-69-68-75(3,4)5)72(76)66-64-62-60-58-56-54-52-50-48-46-44-29-27-25-23-21-19-17-15-13-11-9-7-2/h18,20,24,26,30-31,71-72,76H,6-17,19,21-23,25,27-29,32-70H2,1-5H3,(H-,74,77,78,79)/p+1/b20-18-,26-24-,31-30-. The lowest BCUT2D eigenvalue weighted by Gasteiger charge is -2.26. The summed E-state index contributed by atoms with van der Waals surface area (Å²) in [5, 5.41) is 14.2. The molecule has 1 amide bonds. The van der Waals surface area contributed by atoms with Gasteiger partial charge in [0.15, 0.2) is 0 Å². The number of allylic oxidation sites excluding steroid dienone is 6. The van der Waals surface area contributed by atoms with E-state index in [-0.39, 0.29) is 19.1 Å². The van der Waals surface area contributed by atoms with Crippen LogP contribution in [0.4, 0.5) is 0 Å². The molecule has 0 bridgehead atoms. The first-order chi connectivity index (χ1) is 40.0. The highest BCUT2D eigenvalue weighted by Gasteiger charge is 2.28. The maximum Gasteiger partial charge on any atom is 0.472 e. The summed E-state index contributed by atoms with van der Waals surface area (Å²) in [6.45, 7) is 4.94. The number of unbranched alkanes of at least 4 members (excludes halogenated alkanes) is 49. The molecule has 0 rings (SSSR count). The molecule has 0 saturated carbocycles. The number of rotatable bonds is 68. The fourth-order valence-corrected chi connectivity index (χ4v) is 12.0. The Morgan fingerprint density at radius 3 is 1.01 bits per heavy atom. The lowest BCUT2D eigenvalue weighted by atomic mass is 10.0.